The molecule has 1 aliphatic rings. The van der Waals surface area contributed by atoms with Crippen LogP contribution in [0, 0.1) is 0 Å². The number of halogens is 1. The van der Waals surface area contributed by atoms with E-state index in [1.807, 2.05) is 20.8 Å². The monoisotopic (exact) mass is 213 g/mol. The molecule has 1 aliphatic carbocycles. The van der Waals surface area contributed by atoms with Crippen molar-refractivity contribution in [2.45, 2.75) is 58.4 Å². The third-order valence-electron chi connectivity index (χ3n) is 3.01. The highest BCUT2D eigenvalue weighted by Gasteiger charge is 2.24. The summed E-state index contributed by atoms with van der Waals surface area (Å²) in [6, 6.07) is 0. The second kappa shape index (κ2) is 4.77. The van der Waals surface area contributed by atoms with Gasteiger partial charge in [-0.05, 0) is 46.0 Å². The third kappa shape index (κ3) is 3.33. The molecule has 1 rings (SSSR count). The number of amides is 1. The quantitative estimate of drug-likeness (QED) is 0.767. The SMILES string of the molecule is CCC(C)(C)NC(=O)C1=C(F)CCCC1. The van der Waals surface area contributed by atoms with E-state index in [9.17, 15) is 9.18 Å². The van der Waals surface area contributed by atoms with Gasteiger partial charge in [0.15, 0.2) is 0 Å². The van der Waals surface area contributed by atoms with E-state index >= 15 is 0 Å². The highest BCUT2D eigenvalue weighted by atomic mass is 19.1. The van der Waals surface area contributed by atoms with Gasteiger partial charge in [-0.1, -0.05) is 6.92 Å². The highest BCUT2D eigenvalue weighted by Crippen LogP contribution is 2.26. The predicted molar refractivity (Wildman–Crippen MR) is 59.1 cm³/mol. The van der Waals surface area contributed by atoms with Gasteiger partial charge in [0.2, 0.25) is 5.91 Å². The standard InChI is InChI=1S/C12H20FNO/c1-4-12(2,3)14-11(15)9-7-5-6-8-10(9)13/h4-8H2,1-3H3,(H,14,15). The van der Waals surface area contributed by atoms with Crippen molar-refractivity contribution in [3.8, 4) is 0 Å². The van der Waals surface area contributed by atoms with Crippen LogP contribution in [-0.2, 0) is 4.79 Å². The van der Waals surface area contributed by atoms with Crippen LogP contribution < -0.4 is 5.32 Å². The molecule has 1 N–H and O–H groups in total. The van der Waals surface area contributed by atoms with E-state index in [1.165, 1.54) is 0 Å². The van der Waals surface area contributed by atoms with Gasteiger partial charge in [-0.15, -0.1) is 0 Å². The van der Waals surface area contributed by atoms with Gasteiger partial charge >= 0.3 is 0 Å². The van der Waals surface area contributed by atoms with Crippen LogP contribution in [0.4, 0.5) is 4.39 Å². The normalized spacial score (nSPS) is 17.9. The summed E-state index contributed by atoms with van der Waals surface area (Å²) in [4.78, 5) is 11.8. The Balaban J connectivity index is 2.68. The lowest BCUT2D eigenvalue weighted by Crippen LogP contribution is -2.43. The summed E-state index contributed by atoms with van der Waals surface area (Å²) in [7, 11) is 0. The maximum atomic E-state index is 13.4. The molecule has 0 aromatic heterocycles. The van der Waals surface area contributed by atoms with Gasteiger partial charge in [-0.3, -0.25) is 4.79 Å². The molecule has 0 radical (unpaired) electrons. The predicted octanol–water partition coefficient (Wildman–Crippen LogP) is 3.09. The number of carbonyl (C=O) groups excluding carboxylic acids is 1. The van der Waals surface area contributed by atoms with Gasteiger partial charge in [-0.2, -0.15) is 0 Å². The lowest BCUT2D eigenvalue weighted by atomic mass is 9.95. The minimum Gasteiger partial charge on any atom is -0.347 e. The van der Waals surface area contributed by atoms with Crippen molar-refractivity contribution in [2.75, 3.05) is 0 Å². The van der Waals surface area contributed by atoms with Crippen LogP contribution >= 0.6 is 0 Å². The fourth-order valence-electron chi connectivity index (χ4n) is 1.58. The average Bonchev–Trinajstić information content (AvgIpc) is 2.17. The van der Waals surface area contributed by atoms with E-state index in [0.29, 0.717) is 18.4 Å². The Bertz CT molecular complexity index is 281. The summed E-state index contributed by atoms with van der Waals surface area (Å²) in [5, 5.41) is 2.87. The lowest BCUT2D eigenvalue weighted by Gasteiger charge is -2.26. The Kier molecular flexibility index (Phi) is 3.89. The molecule has 2 nitrogen and oxygen atoms in total. The molecular weight excluding hydrogens is 193 g/mol. The van der Waals surface area contributed by atoms with Gasteiger partial charge < -0.3 is 5.32 Å². The van der Waals surface area contributed by atoms with Crippen LogP contribution in [-0.4, -0.2) is 11.4 Å². The molecule has 0 heterocycles. The number of carbonyl (C=O) groups is 1. The van der Waals surface area contributed by atoms with Crippen molar-refractivity contribution in [1.29, 1.82) is 0 Å². The molecule has 0 unspecified atom stereocenters. The molecule has 3 heteroatoms. The Morgan fingerprint density at radius 1 is 1.40 bits per heavy atom. The van der Waals surface area contributed by atoms with Crippen molar-refractivity contribution < 1.29 is 9.18 Å². The highest BCUT2D eigenvalue weighted by molar-refractivity contribution is 5.94. The molecule has 0 bridgehead atoms. The maximum Gasteiger partial charge on any atom is 0.250 e. The van der Waals surface area contributed by atoms with Crippen LogP contribution in [0.3, 0.4) is 0 Å². The van der Waals surface area contributed by atoms with Crippen LogP contribution in [0.2, 0.25) is 0 Å². The van der Waals surface area contributed by atoms with Crippen LogP contribution in [0.1, 0.15) is 52.9 Å². The second-order valence-corrected chi connectivity index (χ2v) is 4.78. The molecule has 15 heavy (non-hydrogen) atoms. The van der Waals surface area contributed by atoms with E-state index < -0.39 is 0 Å². The van der Waals surface area contributed by atoms with Gasteiger partial charge in [-0.25, -0.2) is 4.39 Å². The van der Waals surface area contributed by atoms with E-state index in [0.717, 1.165) is 19.3 Å². The molecule has 0 aromatic rings. The summed E-state index contributed by atoms with van der Waals surface area (Å²) in [6.45, 7) is 5.91. The van der Waals surface area contributed by atoms with Crippen LogP contribution in [0.15, 0.2) is 11.4 Å². The summed E-state index contributed by atoms with van der Waals surface area (Å²) in [6.07, 6.45) is 3.63. The summed E-state index contributed by atoms with van der Waals surface area (Å²) in [5.74, 6) is -0.440. The van der Waals surface area contributed by atoms with Crippen molar-refractivity contribution in [2.24, 2.45) is 0 Å². The van der Waals surface area contributed by atoms with E-state index in [2.05, 4.69) is 5.32 Å². The molecule has 1 amide bonds. The van der Waals surface area contributed by atoms with Crippen molar-refractivity contribution >= 4 is 5.91 Å². The van der Waals surface area contributed by atoms with Crippen molar-refractivity contribution in [1.82, 2.24) is 5.32 Å². The molecule has 86 valence electrons. The Hall–Kier alpha value is -0.860. The van der Waals surface area contributed by atoms with Crippen molar-refractivity contribution in [3.63, 3.8) is 0 Å². The third-order valence-corrected chi connectivity index (χ3v) is 3.01. The zero-order valence-corrected chi connectivity index (χ0v) is 9.82. The summed E-state index contributed by atoms with van der Waals surface area (Å²) < 4.78 is 13.4. The molecule has 0 fully saturated rings. The van der Waals surface area contributed by atoms with Crippen LogP contribution in [0.25, 0.3) is 0 Å². The molecule has 0 saturated heterocycles. The molecular formula is C12H20FNO. The Labute approximate surface area is 90.9 Å². The Morgan fingerprint density at radius 3 is 2.53 bits per heavy atom. The molecule has 0 spiro atoms. The van der Waals surface area contributed by atoms with E-state index in [1.54, 1.807) is 0 Å². The molecule has 0 atom stereocenters. The van der Waals surface area contributed by atoms with Gasteiger partial charge in [0, 0.05) is 11.1 Å². The van der Waals surface area contributed by atoms with Gasteiger partial charge in [0.1, 0.15) is 5.83 Å². The number of rotatable bonds is 3. The first-order valence-corrected chi connectivity index (χ1v) is 5.66. The number of hydrogen-bond donors (Lipinski definition) is 1. The zero-order chi connectivity index (χ0) is 11.5. The number of hydrogen-bond acceptors (Lipinski definition) is 1. The number of allylic oxidation sites excluding steroid dienone is 1. The summed E-state index contributed by atoms with van der Waals surface area (Å²) in [5.41, 5.74) is 0.115. The first-order valence-electron chi connectivity index (χ1n) is 5.66. The largest absolute Gasteiger partial charge is 0.347 e. The average molecular weight is 213 g/mol. The fourth-order valence-corrected chi connectivity index (χ4v) is 1.58. The zero-order valence-electron chi connectivity index (χ0n) is 9.82. The van der Waals surface area contributed by atoms with Crippen LogP contribution in [0.5, 0.6) is 0 Å². The number of nitrogens with one attached hydrogen (secondary N) is 1. The first-order chi connectivity index (χ1) is 6.96. The summed E-state index contributed by atoms with van der Waals surface area (Å²) >= 11 is 0. The lowest BCUT2D eigenvalue weighted by molar-refractivity contribution is -0.119. The molecule has 0 aromatic carbocycles. The smallest absolute Gasteiger partial charge is 0.250 e. The van der Waals surface area contributed by atoms with Gasteiger partial charge in [0.05, 0.1) is 0 Å². The maximum absolute atomic E-state index is 13.4. The molecule has 0 aliphatic heterocycles. The fraction of sp³-hybridized carbons (Fsp3) is 0.750. The minimum atomic E-state index is -0.248. The van der Waals surface area contributed by atoms with E-state index in [-0.39, 0.29) is 17.3 Å². The van der Waals surface area contributed by atoms with Crippen molar-refractivity contribution in [3.05, 3.63) is 11.4 Å². The Morgan fingerprint density at radius 2 is 2.00 bits per heavy atom. The minimum absolute atomic E-state index is 0.217. The molecule has 0 saturated carbocycles. The van der Waals surface area contributed by atoms with Gasteiger partial charge in [0.25, 0.3) is 0 Å². The first kappa shape index (κ1) is 12.2. The van der Waals surface area contributed by atoms with E-state index in [4.69, 9.17) is 0 Å². The topological polar surface area (TPSA) is 29.1 Å². The second-order valence-electron chi connectivity index (χ2n) is 4.78.